The Labute approximate surface area is 155 Å². The Hall–Kier alpha value is -2.06. The van der Waals surface area contributed by atoms with Crippen LogP contribution in [0.3, 0.4) is 0 Å². The molecule has 0 unspecified atom stereocenters. The number of hydrogen-bond acceptors (Lipinski definition) is 7. The molecule has 1 aliphatic rings. The number of carbonyl (C=O) groups excluding carboxylic acids is 1. The minimum absolute atomic E-state index is 0.0897. The molecule has 8 heteroatoms. The van der Waals surface area contributed by atoms with Gasteiger partial charge in [-0.3, -0.25) is 4.79 Å². The lowest BCUT2D eigenvalue weighted by atomic mass is 10.0. The third kappa shape index (κ3) is 4.32. The lowest BCUT2D eigenvalue weighted by Crippen LogP contribution is -2.36. The van der Waals surface area contributed by atoms with E-state index in [0.717, 1.165) is 45.9 Å². The number of ether oxygens (including phenoxy) is 1. The molecule has 1 N–H and O–H groups in total. The number of thioether (sulfide) groups is 1. The number of benzene rings is 1. The number of aryl methyl sites for hydroxylation is 1. The number of nitrogens with one attached hydrogen (secondary N) is 1. The maximum atomic E-state index is 12.7. The summed E-state index contributed by atoms with van der Waals surface area (Å²) in [6, 6.07) is 5.89. The van der Waals surface area contributed by atoms with E-state index in [1.807, 2.05) is 23.1 Å². The molecule has 0 bridgehead atoms. The van der Waals surface area contributed by atoms with Crippen molar-refractivity contribution in [3.63, 3.8) is 0 Å². The molecule has 0 aliphatic carbocycles. The fraction of sp³-hybridized carbons (Fsp3) is 0.353. The number of methoxy groups -OCH3 is 1. The van der Waals surface area contributed by atoms with Crippen LogP contribution in [0, 0.1) is 0 Å². The van der Waals surface area contributed by atoms with Gasteiger partial charge in [0.25, 0.3) is 0 Å². The number of rotatable bonds is 7. The molecular weight excluding hydrogens is 356 g/mol. The first-order valence-corrected chi connectivity index (χ1v) is 9.80. The van der Waals surface area contributed by atoms with Crippen molar-refractivity contribution in [3.05, 3.63) is 36.4 Å². The first-order valence-electron chi connectivity index (χ1n) is 7.99. The van der Waals surface area contributed by atoms with Gasteiger partial charge in [0.15, 0.2) is 4.34 Å². The van der Waals surface area contributed by atoms with Gasteiger partial charge in [-0.2, -0.15) is 0 Å². The highest BCUT2D eigenvalue weighted by Crippen LogP contribution is 2.32. The molecule has 2 aromatic rings. The van der Waals surface area contributed by atoms with Crippen LogP contribution in [0.2, 0.25) is 0 Å². The van der Waals surface area contributed by atoms with E-state index in [1.54, 1.807) is 13.2 Å². The van der Waals surface area contributed by atoms with Gasteiger partial charge in [0.1, 0.15) is 5.75 Å². The standard InChI is InChI=1S/C17H20N4O2S2/c1-3-8-18-16-19-20-17(25-16)24-11-15(22)21-9-4-5-12-10-13(23-2)6-7-14(12)21/h3,6-7,10H,1,4-5,8-9,11H2,2H3,(H,18,19). The van der Waals surface area contributed by atoms with Gasteiger partial charge in [-0.05, 0) is 36.6 Å². The van der Waals surface area contributed by atoms with E-state index in [9.17, 15) is 4.79 Å². The van der Waals surface area contributed by atoms with Crippen LogP contribution in [0.1, 0.15) is 12.0 Å². The highest BCUT2D eigenvalue weighted by Gasteiger charge is 2.23. The molecule has 1 aromatic carbocycles. The van der Waals surface area contributed by atoms with Gasteiger partial charge in [0.05, 0.1) is 12.9 Å². The second-order valence-electron chi connectivity index (χ2n) is 5.47. The molecule has 0 radical (unpaired) electrons. The maximum absolute atomic E-state index is 12.7. The van der Waals surface area contributed by atoms with E-state index in [1.165, 1.54) is 23.1 Å². The molecule has 0 saturated heterocycles. The van der Waals surface area contributed by atoms with Crippen LogP contribution in [0.4, 0.5) is 10.8 Å². The van der Waals surface area contributed by atoms with Crippen molar-refractivity contribution in [1.82, 2.24) is 10.2 Å². The number of aromatic nitrogens is 2. The molecule has 1 aliphatic heterocycles. The van der Waals surface area contributed by atoms with E-state index in [4.69, 9.17) is 4.74 Å². The monoisotopic (exact) mass is 376 g/mol. The van der Waals surface area contributed by atoms with Crippen molar-refractivity contribution in [2.75, 3.05) is 36.2 Å². The van der Waals surface area contributed by atoms with Crippen molar-refractivity contribution >= 4 is 39.8 Å². The molecule has 0 atom stereocenters. The topological polar surface area (TPSA) is 67.4 Å². The van der Waals surface area contributed by atoms with Gasteiger partial charge in [-0.1, -0.05) is 29.2 Å². The zero-order valence-corrected chi connectivity index (χ0v) is 15.7. The first kappa shape index (κ1) is 17.8. The van der Waals surface area contributed by atoms with Gasteiger partial charge in [0.2, 0.25) is 11.0 Å². The van der Waals surface area contributed by atoms with Crippen molar-refractivity contribution in [2.45, 2.75) is 17.2 Å². The Bertz CT molecular complexity index is 763. The zero-order valence-electron chi connectivity index (χ0n) is 14.0. The molecule has 1 amide bonds. The molecule has 6 nitrogen and oxygen atoms in total. The maximum Gasteiger partial charge on any atom is 0.237 e. The smallest absolute Gasteiger partial charge is 0.237 e. The molecular formula is C17H20N4O2S2. The SMILES string of the molecule is C=CCNc1nnc(SCC(=O)N2CCCc3cc(OC)ccc32)s1. The fourth-order valence-corrected chi connectivity index (χ4v) is 4.29. The van der Waals surface area contributed by atoms with Crippen LogP contribution in [0.5, 0.6) is 5.75 Å². The van der Waals surface area contributed by atoms with Crippen LogP contribution in [0.25, 0.3) is 0 Å². The summed E-state index contributed by atoms with van der Waals surface area (Å²) in [6.07, 6.45) is 3.70. The fourth-order valence-electron chi connectivity index (χ4n) is 2.66. The molecule has 2 heterocycles. The van der Waals surface area contributed by atoms with E-state index < -0.39 is 0 Å². The van der Waals surface area contributed by atoms with Gasteiger partial charge in [-0.25, -0.2) is 0 Å². The summed E-state index contributed by atoms with van der Waals surface area (Å²) in [6.45, 7) is 5.05. The Morgan fingerprint density at radius 3 is 3.20 bits per heavy atom. The summed E-state index contributed by atoms with van der Waals surface area (Å²) in [5.74, 6) is 1.27. The van der Waals surface area contributed by atoms with E-state index in [2.05, 4.69) is 22.1 Å². The predicted octanol–water partition coefficient (Wildman–Crippen LogP) is 3.22. The number of anilines is 2. The lowest BCUT2D eigenvalue weighted by Gasteiger charge is -2.29. The molecule has 0 saturated carbocycles. The lowest BCUT2D eigenvalue weighted by molar-refractivity contribution is -0.116. The van der Waals surface area contributed by atoms with Crippen LogP contribution in [-0.4, -0.2) is 42.1 Å². The van der Waals surface area contributed by atoms with Gasteiger partial charge in [-0.15, -0.1) is 16.8 Å². The summed E-state index contributed by atoms with van der Waals surface area (Å²) in [5, 5.41) is 12.0. The quantitative estimate of drug-likeness (QED) is 0.591. The van der Waals surface area contributed by atoms with E-state index >= 15 is 0 Å². The van der Waals surface area contributed by atoms with Crippen molar-refractivity contribution in [1.29, 1.82) is 0 Å². The van der Waals surface area contributed by atoms with Crippen LogP contribution in [0.15, 0.2) is 35.2 Å². The Morgan fingerprint density at radius 2 is 2.40 bits per heavy atom. The Kier molecular flexibility index (Phi) is 5.93. The Balaban J connectivity index is 1.62. The summed E-state index contributed by atoms with van der Waals surface area (Å²) in [5.41, 5.74) is 2.15. The van der Waals surface area contributed by atoms with Crippen molar-refractivity contribution < 1.29 is 9.53 Å². The number of fused-ring (bicyclic) bond motifs is 1. The van der Waals surface area contributed by atoms with Gasteiger partial charge in [0, 0.05) is 18.8 Å². The number of hydrogen-bond donors (Lipinski definition) is 1. The van der Waals surface area contributed by atoms with Crippen LogP contribution in [-0.2, 0) is 11.2 Å². The average molecular weight is 377 g/mol. The molecule has 1 aromatic heterocycles. The van der Waals surface area contributed by atoms with Crippen LogP contribution < -0.4 is 15.0 Å². The molecule has 132 valence electrons. The normalized spacial score (nSPS) is 13.2. The van der Waals surface area contributed by atoms with E-state index in [0.29, 0.717) is 12.3 Å². The van der Waals surface area contributed by atoms with Crippen LogP contribution >= 0.6 is 23.1 Å². The molecule has 3 rings (SSSR count). The predicted molar refractivity (Wildman–Crippen MR) is 103 cm³/mol. The number of carbonyl (C=O) groups is 1. The average Bonchev–Trinajstić information content (AvgIpc) is 3.11. The van der Waals surface area contributed by atoms with E-state index in [-0.39, 0.29) is 5.91 Å². The minimum atomic E-state index is 0.0897. The highest BCUT2D eigenvalue weighted by atomic mass is 32.2. The van der Waals surface area contributed by atoms with Crippen molar-refractivity contribution in [3.8, 4) is 5.75 Å². The third-order valence-corrected chi connectivity index (χ3v) is 5.83. The summed E-state index contributed by atoms with van der Waals surface area (Å²) < 4.78 is 6.06. The highest BCUT2D eigenvalue weighted by molar-refractivity contribution is 8.01. The van der Waals surface area contributed by atoms with Crippen molar-refractivity contribution in [2.24, 2.45) is 0 Å². The minimum Gasteiger partial charge on any atom is -0.497 e. The second kappa shape index (κ2) is 8.35. The second-order valence-corrected chi connectivity index (χ2v) is 7.67. The van der Waals surface area contributed by atoms with Gasteiger partial charge < -0.3 is 15.0 Å². The van der Waals surface area contributed by atoms with Gasteiger partial charge >= 0.3 is 0 Å². The third-order valence-electron chi connectivity index (χ3n) is 3.83. The summed E-state index contributed by atoms with van der Waals surface area (Å²) >= 11 is 2.87. The number of nitrogens with zero attached hydrogens (tertiary/aromatic N) is 3. The molecule has 0 spiro atoms. The summed E-state index contributed by atoms with van der Waals surface area (Å²) in [7, 11) is 1.66. The zero-order chi connectivity index (χ0) is 17.6. The first-order chi connectivity index (χ1) is 12.2. The Morgan fingerprint density at radius 1 is 1.52 bits per heavy atom. The molecule has 25 heavy (non-hydrogen) atoms. The molecule has 0 fully saturated rings. The largest absolute Gasteiger partial charge is 0.497 e. The number of amides is 1. The summed E-state index contributed by atoms with van der Waals surface area (Å²) in [4.78, 5) is 14.5.